The molecular weight excluding hydrogens is 136 g/mol. The maximum absolute atomic E-state index is 8.52. The summed E-state index contributed by atoms with van der Waals surface area (Å²) in [4.78, 5) is 0. The van der Waals surface area contributed by atoms with E-state index >= 15 is 0 Å². The van der Waals surface area contributed by atoms with Crippen molar-refractivity contribution >= 4 is 0 Å². The minimum Gasteiger partial charge on any atom is -0.391 e. The molecule has 0 amide bonds. The lowest BCUT2D eigenvalue weighted by Crippen LogP contribution is -2.10. The topological polar surface area (TPSA) is 20.2 Å². The molecule has 0 aromatic heterocycles. The van der Waals surface area contributed by atoms with Crippen LogP contribution >= 0.6 is 0 Å². The van der Waals surface area contributed by atoms with E-state index in [2.05, 4.69) is 13.8 Å². The van der Waals surface area contributed by atoms with E-state index in [0.717, 1.165) is 0 Å². The van der Waals surface area contributed by atoms with Crippen LogP contribution in [-0.2, 0) is 0 Å². The van der Waals surface area contributed by atoms with Gasteiger partial charge in [0.2, 0.25) is 0 Å². The van der Waals surface area contributed by atoms with Gasteiger partial charge in [-0.3, -0.25) is 0 Å². The number of unbranched alkanes of at least 4 members (excludes halogenated alkanes) is 3. The molecule has 0 radical (unpaired) electrons. The van der Waals surface area contributed by atoms with Crippen LogP contribution in [0.4, 0.5) is 0 Å². The molecule has 0 aliphatic carbocycles. The molecule has 0 aromatic rings. The second-order valence-corrected chi connectivity index (χ2v) is 3.88. The summed E-state index contributed by atoms with van der Waals surface area (Å²) in [7, 11) is 0. The van der Waals surface area contributed by atoms with Gasteiger partial charge in [-0.2, -0.15) is 0 Å². The van der Waals surface area contributed by atoms with E-state index in [1.54, 1.807) is 20.8 Å². The largest absolute Gasteiger partial charge is 0.391 e. The summed E-state index contributed by atoms with van der Waals surface area (Å²) in [6, 6.07) is 0. The van der Waals surface area contributed by atoms with Crippen LogP contribution in [0.5, 0.6) is 0 Å². The summed E-state index contributed by atoms with van der Waals surface area (Å²) in [5.74, 6) is 0. The molecular formula is C10H24O. The third-order valence-corrected chi connectivity index (χ3v) is 0.957. The van der Waals surface area contributed by atoms with Gasteiger partial charge in [-0.1, -0.05) is 39.5 Å². The van der Waals surface area contributed by atoms with Crippen LogP contribution in [0.25, 0.3) is 0 Å². The molecule has 0 aromatic carbocycles. The van der Waals surface area contributed by atoms with E-state index in [4.69, 9.17) is 5.11 Å². The summed E-state index contributed by atoms with van der Waals surface area (Å²) < 4.78 is 0. The Hall–Kier alpha value is -0.0400. The van der Waals surface area contributed by atoms with Crippen LogP contribution < -0.4 is 0 Å². The van der Waals surface area contributed by atoms with E-state index in [1.807, 2.05) is 0 Å². The maximum atomic E-state index is 8.52. The van der Waals surface area contributed by atoms with Gasteiger partial charge in [0.1, 0.15) is 0 Å². The smallest absolute Gasteiger partial charge is 0.0563 e. The molecule has 0 aliphatic heterocycles. The Morgan fingerprint density at radius 2 is 1.09 bits per heavy atom. The lowest BCUT2D eigenvalue weighted by atomic mass is 10.2. The zero-order chi connectivity index (χ0) is 9.33. The normalized spacial score (nSPS) is 10.4. The second-order valence-electron chi connectivity index (χ2n) is 3.88. The SMILES string of the molecule is CC(C)(C)O.CCCCCC. The number of hydrogen-bond donors (Lipinski definition) is 1. The molecule has 11 heavy (non-hydrogen) atoms. The molecule has 0 heterocycles. The molecule has 0 saturated heterocycles. The van der Waals surface area contributed by atoms with E-state index in [1.165, 1.54) is 25.7 Å². The van der Waals surface area contributed by atoms with Gasteiger partial charge in [0.05, 0.1) is 5.60 Å². The first-order valence-electron chi connectivity index (χ1n) is 4.64. The molecule has 1 N–H and O–H groups in total. The van der Waals surface area contributed by atoms with Crippen molar-refractivity contribution in [1.82, 2.24) is 0 Å². The van der Waals surface area contributed by atoms with Gasteiger partial charge < -0.3 is 5.11 Å². The van der Waals surface area contributed by atoms with Gasteiger partial charge >= 0.3 is 0 Å². The van der Waals surface area contributed by atoms with Crippen molar-refractivity contribution in [3.05, 3.63) is 0 Å². The Bertz CT molecular complexity index is 51.8. The highest BCUT2D eigenvalue weighted by Gasteiger charge is 1.97. The van der Waals surface area contributed by atoms with E-state index in [-0.39, 0.29) is 0 Å². The van der Waals surface area contributed by atoms with Crippen molar-refractivity contribution in [3.8, 4) is 0 Å². The van der Waals surface area contributed by atoms with E-state index in [9.17, 15) is 0 Å². The molecule has 0 unspecified atom stereocenters. The van der Waals surface area contributed by atoms with Gasteiger partial charge in [-0.25, -0.2) is 0 Å². The quantitative estimate of drug-likeness (QED) is 0.628. The second kappa shape index (κ2) is 8.06. The highest BCUT2D eigenvalue weighted by atomic mass is 16.3. The van der Waals surface area contributed by atoms with Crippen LogP contribution in [0.3, 0.4) is 0 Å². The van der Waals surface area contributed by atoms with Crippen molar-refractivity contribution in [2.24, 2.45) is 0 Å². The van der Waals surface area contributed by atoms with Crippen molar-refractivity contribution in [1.29, 1.82) is 0 Å². The van der Waals surface area contributed by atoms with Gasteiger partial charge in [-0.15, -0.1) is 0 Å². The first kappa shape index (κ1) is 13.5. The first-order chi connectivity index (χ1) is 4.91. The van der Waals surface area contributed by atoms with Crippen molar-refractivity contribution in [2.45, 2.75) is 65.9 Å². The third-order valence-electron chi connectivity index (χ3n) is 0.957. The molecule has 0 rings (SSSR count). The number of hydrogen-bond acceptors (Lipinski definition) is 1. The predicted octanol–water partition coefficient (Wildman–Crippen LogP) is 3.36. The third kappa shape index (κ3) is 72.0. The predicted molar refractivity (Wildman–Crippen MR) is 51.8 cm³/mol. The van der Waals surface area contributed by atoms with Crippen LogP contribution in [0, 0.1) is 0 Å². The molecule has 0 spiro atoms. The molecule has 0 fully saturated rings. The van der Waals surface area contributed by atoms with E-state index < -0.39 is 5.60 Å². The number of rotatable bonds is 3. The highest BCUT2D eigenvalue weighted by molar-refractivity contribution is 4.50. The van der Waals surface area contributed by atoms with Crippen molar-refractivity contribution in [3.63, 3.8) is 0 Å². The van der Waals surface area contributed by atoms with Crippen molar-refractivity contribution < 1.29 is 5.11 Å². The molecule has 70 valence electrons. The fourth-order valence-corrected chi connectivity index (χ4v) is 0.500. The van der Waals surface area contributed by atoms with Crippen LogP contribution in [0.1, 0.15) is 60.3 Å². The summed E-state index contributed by atoms with van der Waals surface area (Å²) >= 11 is 0. The lowest BCUT2D eigenvalue weighted by Gasteiger charge is -2.04. The van der Waals surface area contributed by atoms with Gasteiger partial charge in [0.15, 0.2) is 0 Å². The lowest BCUT2D eigenvalue weighted by molar-refractivity contribution is 0.102. The number of aliphatic hydroxyl groups is 1. The Labute approximate surface area is 71.8 Å². The fraction of sp³-hybridized carbons (Fsp3) is 1.00. The Morgan fingerprint density at radius 1 is 0.909 bits per heavy atom. The molecule has 1 nitrogen and oxygen atoms in total. The Kier molecular flexibility index (Phi) is 9.92. The van der Waals surface area contributed by atoms with E-state index in [0.29, 0.717) is 0 Å². The Balaban J connectivity index is 0. The summed E-state index contributed by atoms with van der Waals surface area (Å²) in [6.45, 7) is 9.69. The van der Waals surface area contributed by atoms with Gasteiger partial charge in [0, 0.05) is 0 Å². The van der Waals surface area contributed by atoms with Crippen LogP contribution in [-0.4, -0.2) is 10.7 Å². The van der Waals surface area contributed by atoms with Gasteiger partial charge in [0.25, 0.3) is 0 Å². The van der Waals surface area contributed by atoms with Crippen molar-refractivity contribution in [2.75, 3.05) is 0 Å². The molecule has 0 bridgehead atoms. The molecule has 0 saturated carbocycles. The van der Waals surface area contributed by atoms with Crippen LogP contribution in [0.2, 0.25) is 0 Å². The average Bonchev–Trinajstić information content (AvgIpc) is 1.79. The highest BCUT2D eigenvalue weighted by Crippen LogP contribution is 1.95. The summed E-state index contributed by atoms with van der Waals surface area (Å²) in [5.41, 5.74) is -0.500. The maximum Gasteiger partial charge on any atom is 0.0563 e. The molecule has 0 atom stereocenters. The molecule has 1 heteroatoms. The standard InChI is InChI=1S/C6H14.C4H10O/c1-3-5-6-4-2;1-4(2,3)5/h3-6H2,1-2H3;5H,1-3H3. The minimum absolute atomic E-state index is 0.500. The zero-order valence-electron chi connectivity index (χ0n) is 8.78. The fourth-order valence-electron chi connectivity index (χ4n) is 0.500. The summed E-state index contributed by atoms with van der Waals surface area (Å²) in [6.07, 6.45) is 5.54. The minimum atomic E-state index is -0.500. The monoisotopic (exact) mass is 160 g/mol. The van der Waals surface area contributed by atoms with Crippen LogP contribution in [0.15, 0.2) is 0 Å². The zero-order valence-corrected chi connectivity index (χ0v) is 8.78. The summed E-state index contributed by atoms with van der Waals surface area (Å²) in [5, 5.41) is 8.52. The Morgan fingerprint density at radius 3 is 1.18 bits per heavy atom. The first-order valence-corrected chi connectivity index (χ1v) is 4.64. The average molecular weight is 160 g/mol. The van der Waals surface area contributed by atoms with Gasteiger partial charge in [-0.05, 0) is 20.8 Å². The molecule has 0 aliphatic rings.